The van der Waals surface area contributed by atoms with Crippen LogP contribution in [0.15, 0.2) is 41.2 Å². The number of ketones is 2. The van der Waals surface area contributed by atoms with E-state index in [4.69, 9.17) is 5.73 Å². The van der Waals surface area contributed by atoms with Crippen molar-refractivity contribution in [1.82, 2.24) is 4.90 Å². The molecule has 2 aromatic carbocycles. The first-order chi connectivity index (χ1) is 19.1. The minimum absolute atomic E-state index is 0.0477. The van der Waals surface area contributed by atoms with Crippen LogP contribution in [0.1, 0.15) is 17.5 Å². The van der Waals surface area contributed by atoms with Crippen molar-refractivity contribution in [3.8, 4) is 16.9 Å². The zero-order chi connectivity index (χ0) is 30.3. The molecule has 10 nitrogen and oxygen atoms in total. The number of carbonyl (C=O) groups excluding carboxylic acids is 3. The molecule has 41 heavy (non-hydrogen) atoms. The molecule has 0 aliphatic heterocycles. The Balaban J connectivity index is 1.78. The largest absolute Gasteiger partial charge is 0.508 e. The third-order valence-electron chi connectivity index (χ3n) is 8.41. The number of fused-ring (bicyclic) bond motifs is 3. The lowest BCUT2D eigenvalue weighted by molar-refractivity contribution is -0.153. The molecule has 5 rings (SSSR count). The van der Waals surface area contributed by atoms with E-state index in [1.54, 1.807) is 25.1 Å². The van der Waals surface area contributed by atoms with Crippen molar-refractivity contribution < 1.29 is 43.6 Å². The number of likely N-dealkylation sites (N-methyl/N-ethyl adjacent to an activating group) is 1. The highest BCUT2D eigenvalue weighted by molar-refractivity contribution is 6.24. The SMILES string of the molecule is CN(C)c1cc(-c2ccc(F)c(F)c2)c(O)c2c1C[C@@H]1C[C@@H]3[C@H](N(C)C)C(=O)C(C(N)=O)=C(O)[C@@]3(O)C(=O)C1=C2O. The number of phenols is 1. The molecule has 0 saturated heterocycles. The second-order valence-electron chi connectivity index (χ2n) is 11.1. The van der Waals surface area contributed by atoms with Gasteiger partial charge in [0.2, 0.25) is 5.78 Å². The molecule has 1 fully saturated rings. The van der Waals surface area contributed by atoms with Gasteiger partial charge in [0.15, 0.2) is 23.0 Å². The monoisotopic (exact) mass is 569 g/mol. The Kier molecular flexibility index (Phi) is 6.47. The summed E-state index contributed by atoms with van der Waals surface area (Å²) < 4.78 is 27.7. The van der Waals surface area contributed by atoms with Crippen LogP contribution in [0, 0.1) is 23.5 Å². The number of nitrogens with zero attached hydrogens (tertiary/aromatic N) is 2. The van der Waals surface area contributed by atoms with Crippen LogP contribution >= 0.6 is 0 Å². The molecule has 0 radical (unpaired) electrons. The fraction of sp³-hybridized carbons (Fsp3) is 0.345. The van der Waals surface area contributed by atoms with Crippen LogP contribution < -0.4 is 10.6 Å². The molecule has 12 heteroatoms. The molecule has 0 spiro atoms. The van der Waals surface area contributed by atoms with Crippen molar-refractivity contribution >= 4 is 28.9 Å². The maximum absolute atomic E-state index is 14.1. The average Bonchev–Trinajstić information content (AvgIpc) is 2.87. The predicted molar refractivity (Wildman–Crippen MR) is 144 cm³/mol. The maximum atomic E-state index is 14.1. The zero-order valence-corrected chi connectivity index (χ0v) is 22.7. The van der Waals surface area contributed by atoms with Gasteiger partial charge in [-0.2, -0.15) is 0 Å². The van der Waals surface area contributed by atoms with Crippen LogP contribution in [0.3, 0.4) is 0 Å². The van der Waals surface area contributed by atoms with Crippen LogP contribution in [0.2, 0.25) is 0 Å². The molecule has 0 heterocycles. The number of primary amides is 1. The number of rotatable bonds is 4. The van der Waals surface area contributed by atoms with E-state index < -0.39 is 75.4 Å². The van der Waals surface area contributed by atoms with Gasteiger partial charge in [0.25, 0.3) is 5.91 Å². The number of aromatic hydroxyl groups is 1. The number of Topliss-reactive ketones (excluding diaryl/α,β-unsaturated/α-hetero) is 2. The van der Waals surface area contributed by atoms with Gasteiger partial charge < -0.3 is 31.1 Å². The van der Waals surface area contributed by atoms with E-state index in [0.717, 1.165) is 12.1 Å². The highest BCUT2D eigenvalue weighted by Gasteiger charge is 2.64. The van der Waals surface area contributed by atoms with Crippen molar-refractivity contribution in [1.29, 1.82) is 0 Å². The van der Waals surface area contributed by atoms with Crippen molar-refractivity contribution in [2.75, 3.05) is 33.1 Å². The first kappa shape index (κ1) is 28.2. The number of halogens is 2. The minimum Gasteiger partial charge on any atom is -0.508 e. The van der Waals surface area contributed by atoms with Crippen molar-refractivity contribution in [2.24, 2.45) is 17.6 Å². The summed E-state index contributed by atoms with van der Waals surface area (Å²) in [6, 6.07) is 3.40. The van der Waals surface area contributed by atoms with Crippen LogP contribution in [-0.2, 0) is 20.8 Å². The molecule has 0 bridgehead atoms. The summed E-state index contributed by atoms with van der Waals surface area (Å²) in [5.74, 6) is -9.84. The molecule has 4 atom stereocenters. The zero-order valence-electron chi connectivity index (χ0n) is 22.7. The molecule has 1 amide bonds. The minimum atomic E-state index is -2.76. The number of hydrogen-bond acceptors (Lipinski definition) is 9. The standard InChI is InChI=1S/C29H29F2N3O7/c1-33(2)18-10-13(11-5-6-16(30)17(31)9-11)23(35)20-14(18)7-12-8-15-22(34(3)4)25(37)21(28(32)40)27(39)29(15,41)26(38)19(12)24(20)36/h5-6,9-10,12,15,22,35-36,39,41H,7-8H2,1-4H3,(H2,32,40)/t12-,15-,22+,29+/m1/s1. The molecular formula is C29H29F2N3O7. The Morgan fingerprint density at radius 2 is 1.71 bits per heavy atom. The smallest absolute Gasteiger partial charge is 0.255 e. The van der Waals surface area contributed by atoms with Crippen LogP contribution in [0.25, 0.3) is 16.9 Å². The van der Waals surface area contributed by atoms with E-state index in [2.05, 4.69) is 0 Å². The fourth-order valence-electron chi connectivity index (χ4n) is 6.57. The van der Waals surface area contributed by atoms with E-state index in [1.165, 1.54) is 25.1 Å². The lowest BCUT2D eigenvalue weighted by Crippen LogP contribution is -2.65. The Labute approximate surface area is 233 Å². The van der Waals surface area contributed by atoms with Gasteiger partial charge in [-0.3, -0.25) is 19.3 Å². The molecule has 0 aromatic heterocycles. The van der Waals surface area contributed by atoms with Gasteiger partial charge in [-0.05, 0) is 62.2 Å². The molecule has 1 saturated carbocycles. The Morgan fingerprint density at radius 3 is 2.27 bits per heavy atom. The Bertz CT molecular complexity index is 1610. The summed E-state index contributed by atoms with van der Waals surface area (Å²) in [6.45, 7) is 0. The Hall–Kier alpha value is -4.29. The number of carbonyl (C=O) groups is 3. The van der Waals surface area contributed by atoms with Gasteiger partial charge in [-0.1, -0.05) is 6.07 Å². The quantitative estimate of drug-likeness (QED) is 0.346. The number of phenolic OH excluding ortho intramolecular Hbond substituents is 1. The summed E-state index contributed by atoms with van der Waals surface area (Å²) in [4.78, 5) is 42.5. The topological polar surface area (TPSA) is 165 Å². The normalized spacial score (nSPS) is 25.7. The van der Waals surface area contributed by atoms with Gasteiger partial charge >= 0.3 is 0 Å². The first-order valence-corrected chi connectivity index (χ1v) is 12.8. The number of hydrogen-bond donors (Lipinski definition) is 5. The summed E-state index contributed by atoms with van der Waals surface area (Å²) in [5.41, 5.74) is 2.35. The van der Waals surface area contributed by atoms with E-state index in [1.807, 2.05) is 0 Å². The predicted octanol–water partition coefficient (Wildman–Crippen LogP) is 1.98. The molecule has 2 aromatic rings. The number of amides is 1. The van der Waals surface area contributed by atoms with Crippen molar-refractivity contribution in [3.05, 3.63) is 63.9 Å². The van der Waals surface area contributed by atoms with Crippen LogP contribution in [0.4, 0.5) is 14.5 Å². The summed E-state index contributed by atoms with van der Waals surface area (Å²) in [6.07, 6.45) is 0.0397. The first-order valence-electron chi connectivity index (χ1n) is 12.8. The highest BCUT2D eigenvalue weighted by atomic mass is 19.2. The van der Waals surface area contributed by atoms with Crippen molar-refractivity contribution in [3.63, 3.8) is 0 Å². The summed E-state index contributed by atoms with van der Waals surface area (Å²) >= 11 is 0. The van der Waals surface area contributed by atoms with Gasteiger partial charge in [-0.25, -0.2) is 8.78 Å². The molecular weight excluding hydrogens is 540 g/mol. The number of anilines is 1. The summed E-state index contributed by atoms with van der Waals surface area (Å²) in [7, 11) is 6.46. The van der Waals surface area contributed by atoms with Gasteiger partial charge in [0.1, 0.15) is 22.8 Å². The molecule has 216 valence electrons. The lowest BCUT2D eigenvalue weighted by atomic mass is 9.57. The van der Waals surface area contributed by atoms with E-state index in [-0.39, 0.29) is 35.1 Å². The van der Waals surface area contributed by atoms with E-state index >= 15 is 0 Å². The molecule has 0 unspecified atom stereocenters. The van der Waals surface area contributed by atoms with E-state index in [9.17, 15) is 43.6 Å². The van der Waals surface area contributed by atoms with E-state index in [0.29, 0.717) is 11.3 Å². The van der Waals surface area contributed by atoms with Gasteiger partial charge in [0.05, 0.1) is 11.6 Å². The molecule has 3 aliphatic rings. The number of aliphatic hydroxyl groups excluding tert-OH is 2. The van der Waals surface area contributed by atoms with Crippen LogP contribution in [-0.4, -0.2) is 82.6 Å². The fourth-order valence-corrected chi connectivity index (χ4v) is 6.57. The van der Waals surface area contributed by atoms with Gasteiger partial charge in [-0.15, -0.1) is 0 Å². The third kappa shape index (κ3) is 3.85. The van der Waals surface area contributed by atoms with Crippen LogP contribution in [0.5, 0.6) is 5.75 Å². The maximum Gasteiger partial charge on any atom is 0.255 e. The number of aliphatic hydroxyl groups is 3. The second kappa shape index (κ2) is 9.38. The van der Waals surface area contributed by atoms with Crippen molar-refractivity contribution in [2.45, 2.75) is 24.5 Å². The van der Waals surface area contributed by atoms with Gasteiger partial charge in [0, 0.05) is 36.8 Å². The highest BCUT2D eigenvalue weighted by Crippen LogP contribution is 2.54. The molecule has 3 aliphatic carbocycles. The number of nitrogens with two attached hydrogens (primary N) is 1. The molecule has 6 N–H and O–H groups in total. The summed E-state index contributed by atoms with van der Waals surface area (Å²) in [5, 5.41) is 45.6. The second-order valence-corrected chi connectivity index (χ2v) is 11.1. The number of benzene rings is 2. The lowest BCUT2D eigenvalue weighted by Gasteiger charge is -2.50. The average molecular weight is 570 g/mol. The third-order valence-corrected chi connectivity index (χ3v) is 8.41. The Morgan fingerprint density at radius 1 is 1.05 bits per heavy atom.